The molecule has 1 aromatic rings. The molecule has 2 atom stereocenters. The Kier molecular flexibility index (Phi) is 4.48. The second-order valence-electron chi connectivity index (χ2n) is 6.07. The average Bonchev–Trinajstić information content (AvgIpc) is 3.21. The summed E-state index contributed by atoms with van der Waals surface area (Å²) in [6, 6.07) is 0.154. The maximum atomic E-state index is 12.3. The van der Waals surface area contributed by atoms with Crippen LogP contribution in [0, 0.1) is 25.7 Å². The number of nitrogens with zero attached hydrogens (tertiary/aromatic N) is 2. The fourth-order valence-electron chi connectivity index (χ4n) is 2.70. The van der Waals surface area contributed by atoms with Crippen molar-refractivity contribution in [3.63, 3.8) is 0 Å². The first-order chi connectivity index (χ1) is 9.43. The van der Waals surface area contributed by atoms with Gasteiger partial charge in [0.05, 0.1) is 5.69 Å². The predicted molar refractivity (Wildman–Crippen MR) is 79.3 cm³/mol. The second kappa shape index (κ2) is 5.95. The number of rotatable bonds is 6. The summed E-state index contributed by atoms with van der Waals surface area (Å²) in [5.41, 5.74) is 9.08. The zero-order valence-corrected chi connectivity index (χ0v) is 12.9. The van der Waals surface area contributed by atoms with Gasteiger partial charge in [0.15, 0.2) is 0 Å². The fourth-order valence-corrected chi connectivity index (χ4v) is 2.70. The highest BCUT2D eigenvalue weighted by molar-refractivity contribution is 5.79. The summed E-state index contributed by atoms with van der Waals surface area (Å²) in [6.07, 6.45) is 3.12. The molecule has 1 aromatic heterocycles. The lowest BCUT2D eigenvalue weighted by Crippen LogP contribution is -2.44. The SMILES string of the molecule is Cc1nn(C)c(C)c1CC(C)C(=O)NC(CN)C1CC1. The Balaban J connectivity index is 1.96. The third-order valence-corrected chi connectivity index (χ3v) is 4.39. The molecular formula is C15H26N4O. The quantitative estimate of drug-likeness (QED) is 0.817. The van der Waals surface area contributed by atoms with Crippen LogP contribution in [0.4, 0.5) is 0 Å². The summed E-state index contributed by atoms with van der Waals surface area (Å²) in [7, 11) is 1.94. The molecule has 0 bridgehead atoms. The molecule has 20 heavy (non-hydrogen) atoms. The van der Waals surface area contributed by atoms with Crippen LogP contribution in [0.25, 0.3) is 0 Å². The van der Waals surface area contributed by atoms with Crippen molar-refractivity contribution in [3.8, 4) is 0 Å². The van der Waals surface area contributed by atoms with Crippen molar-refractivity contribution in [2.45, 2.75) is 46.1 Å². The molecule has 2 rings (SSSR count). The van der Waals surface area contributed by atoms with Gasteiger partial charge < -0.3 is 11.1 Å². The van der Waals surface area contributed by atoms with Crippen LogP contribution >= 0.6 is 0 Å². The number of aromatic nitrogens is 2. The van der Waals surface area contributed by atoms with Crippen LogP contribution in [0.1, 0.15) is 36.7 Å². The molecule has 5 heteroatoms. The van der Waals surface area contributed by atoms with E-state index in [0.717, 1.165) is 17.8 Å². The molecule has 0 spiro atoms. The van der Waals surface area contributed by atoms with Gasteiger partial charge in [-0.3, -0.25) is 9.48 Å². The van der Waals surface area contributed by atoms with Crippen molar-refractivity contribution in [1.29, 1.82) is 0 Å². The van der Waals surface area contributed by atoms with Gasteiger partial charge in [-0.2, -0.15) is 5.10 Å². The predicted octanol–water partition coefficient (Wildman–Crippen LogP) is 1.07. The molecular weight excluding hydrogens is 252 g/mol. The second-order valence-corrected chi connectivity index (χ2v) is 6.07. The summed E-state index contributed by atoms with van der Waals surface area (Å²) in [5.74, 6) is 0.650. The average molecular weight is 278 g/mol. The topological polar surface area (TPSA) is 72.9 Å². The maximum Gasteiger partial charge on any atom is 0.223 e. The highest BCUT2D eigenvalue weighted by Gasteiger charge is 2.32. The van der Waals surface area contributed by atoms with Crippen LogP contribution < -0.4 is 11.1 Å². The molecule has 1 aliphatic rings. The van der Waals surface area contributed by atoms with E-state index < -0.39 is 0 Å². The first kappa shape index (κ1) is 15.0. The number of aryl methyl sites for hydroxylation is 2. The molecule has 1 amide bonds. The van der Waals surface area contributed by atoms with Gasteiger partial charge in [0.25, 0.3) is 0 Å². The number of amides is 1. The van der Waals surface area contributed by atoms with Crippen molar-refractivity contribution in [2.75, 3.05) is 6.54 Å². The smallest absolute Gasteiger partial charge is 0.223 e. The summed E-state index contributed by atoms with van der Waals surface area (Å²) >= 11 is 0. The van der Waals surface area contributed by atoms with Gasteiger partial charge in [0.2, 0.25) is 5.91 Å². The maximum absolute atomic E-state index is 12.3. The van der Waals surface area contributed by atoms with E-state index in [1.165, 1.54) is 18.4 Å². The minimum absolute atomic E-state index is 0.0515. The molecule has 0 saturated heterocycles. The Morgan fingerprint density at radius 3 is 2.60 bits per heavy atom. The molecule has 1 saturated carbocycles. The Hall–Kier alpha value is -1.36. The number of carbonyl (C=O) groups excluding carboxylic acids is 1. The van der Waals surface area contributed by atoms with Crippen molar-refractivity contribution >= 4 is 5.91 Å². The van der Waals surface area contributed by atoms with Crippen LogP contribution in [0.2, 0.25) is 0 Å². The minimum Gasteiger partial charge on any atom is -0.352 e. The van der Waals surface area contributed by atoms with Crippen LogP contribution in [-0.4, -0.2) is 28.3 Å². The van der Waals surface area contributed by atoms with Crippen LogP contribution in [0.5, 0.6) is 0 Å². The minimum atomic E-state index is -0.0515. The van der Waals surface area contributed by atoms with Gasteiger partial charge in [-0.05, 0) is 44.6 Å². The normalized spacial score (nSPS) is 17.9. The highest BCUT2D eigenvalue weighted by Crippen LogP contribution is 2.32. The van der Waals surface area contributed by atoms with Gasteiger partial charge in [0.1, 0.15) is 0 Å². The van der Waals surface area contributed by atoms with Gasteiger partial charge in [-0.15, -0.1) is 0 Å². The number of hydrogen-bond donors (Lipinski definition) is 2. The van der Waals surface area contributed by atoms with Gasteiger partial charge in [-0.25, -0.2) is 0 Å². The van der Waals surface area contributed by atoms with Gasteiger partial charge in [-0.1, -0.05) is 6.92 Å². The standard InChI is InChI=1S/C15H26N4O/c1-9(7-13-10(2)18-19(4)11(13)3)15(20)17-14(8-16)12-5-6-12/h9,12,14H,5-8,16H2,1-4H3,(H,17,20). The number of nitrogens with two attached hydrogens (primary N) is 1. The fraction of sp³-hybridized carbons (Fsp3) is 0.733. The van der Waals surface area contributed by atoms with Crippen molar-refractivity contribution < 1.29 is 4.79 Å². The molecule has 1 fully saturated rings. The molecule has 112 valence electrons. The van der Waals surface area contributed by atoms with E-state index in [2.05, 4.69) is 10.4 Å². The van der Waals surface area contributed by atoms with Crippen molar-refractivity contribution in [3.05, 3.63) is 17.0 Å². The molecule has 2 unspecified atom stereocenters. The molecule has 0 aliphatic heterocycles. The lowest BCUT2D eigenvalue weighted by Gasteiger charge is -2.19. The Morgan fingerprint density at radius 2 is 2.15 bits per heavy atom. The third kappa shape index (κ3) is 3.20. The lowest BCUT2D eigenvalue weighted by molar-refractivity contribution is -0.125. The van der Waals surface area contributed by atoms with Crippen LogP contribution in [0.3, 0.4) is 0 Å². The Morgan fingerprint density at radius 1 is 1.50 bits per heavy atom. The van der Waals surface area contributed by atoms with E-state index in [-0.39, 0.29) is 17.9 Å². The van der Waals surface area contributed by atoms with E-state index in [1.54, 1.807) is 0 Å². The van der Waals surface area contributed by atoms with E-state index in [1.807, 2.05) is 32.5 Å². The zero-order chi connectivity index (χ0) is 14.9. The molecule has 1 heterocycles. The number of nitrogens with one attached hydrogen (secondary N) is 1. The molecule has 3 N–H and O–H groups in total. The molecule has 0 radical (unpaired) electrons. The monoisotopic (exact) mass is 278 g/mol. The molecule has 5 nitrogen and oxygen atoms in total. The van der Waals surface area contributed by atoms with Gasteiger partial charge >= 0.3 is 0 Å². The largest absolute Gasteiger partial charge is 0.352 e. The summed E-state index contributed by atoms with van der Waals surface area (Å²) in [4.78, 5) is 12.3. The Bertz CT molecular complexity index is 490. The van der Waals surface area contributed by atoms with E-state index >= 15 is 0 Å². The first-order valence-electron chi connectivity index (χ1n) is 7.43. The van der Waals surface area contributed by atoms with Crippen molar-refractivity contribution in [2.24, 2.45) is 24.6 Å². The molecule has 0 aromatic carbocycles. The highest BCUT2D eigenvalue weighted by atomic mass is 16.1. The van der Waals surface area contributed by atoms with Gasteiger partial charge in [0, 0.05) is 31.2 Å². The van der Waals surface area contributed by atoms with Crippen LogP contribution in [0.15, 0.2) is 0 Å². The summed E-state index contributed by atoms with van der Waals surface area (Å²) < 4.78 is 1.88. The zero-order valence-electron chi connectivity index (χ0n) is 12.9. The van der Waals surface area contributed by atoms with Crippen LogP contribution in [-0.2, 0) is 18.3 Å². The first-order valence-corrected chi connectivity index (χ1v) is 7.43. The third-order valence-electron chi connectivity index (χ3n) is 4.39. The number of hydrogen-bond acceptors (Lipinski definition) is 3. The summed E-state index contributed by atoms with van der Waals surface area (Å²) in [6.45, 7) is 6.56. The number of carbonyl (C=O) groups is 1. The van der Waals surface area contributed by atoms with E-state index in [0.29, 0.717) is 12.5 Å². The lowest BCUT2D eigenvalue weighted by atomic mass is 9.98. The molecule has 1 aliphatic carbocycles. The van der Waals surface area contributed by atoms with E-state index in [4.69, 9.17) is 5.73 Å². The Labute approximate surface area is 120 Å². The summed E-state index contributed by atoms with van der Waals surface area (Å²) in [5, 5.41) is 7.51. The van der Waals surface area contributed by atoms with E-state index in [9.17, 15) is 4.79 Å². The van der Waals surface area contributed by atoms with Crippen molar-refractivity contribution in [1.82, 2.24) is 15.1 Å².